The number of benzene rings is 1. The Morgan fingerprint density at radius 3 is 2.58 bits per heavy atom. The number of hydrogen-bond acceptors (Lipinski definition) is 6. The van der Waals surface area contributed by atoms with Crippen LogP contribution in [-0.2, 0) is 4.74 Å². The van der Waals surface area contributed by atoms with Gasteiger partial charge in [0, 0.05) is 31.3 Å². The van der Waals surface area contributed by atoms with E-state index < -0.39 is 0 Å². The topological polar surface area (TPSA) is 62.3 Å². The second-order valence-corrected chi connectivity index (χ2v) is 6.93. The zero-order valence-electron chi connectivity index (χ0n) is 15.7. The highest BCUT2D eigenvalue weighted by atomic mass is 16.5. The quantitative estimate of drug-likeness (QED) is 0.674. The Balaban J connectivity index is 1.70. The van der Waals surface area contributed by atoms with Gasteiger partial charge in [-0.05, 0) is 39.9 Å². The fourth-order valence-electron chi connectivity index (χ4n) is 2.98. The van der Waals surface area contributed by atoms with Crippen molar-refractivity contribution < 1.29 is 4.74 Å². The maximum Gasteiger partial charge on any atom is 0.163 e. The monoisotopic (exact) mass is 355 g/mol. The Kier molecular flexibility index (Phi) is 6.80. The van der Waals surface area contributed by atoms with E-state index in [-0.39, 0.29) is 6.10 Å². The lowest BCUT2D eigenvalue weighted by atomic mass is 10.2. The van der Waals surface area contributed by atoms with Gasteiger partial charge in [0.15, 0.2) is 5.82 Å². The van der Waals surface area contributed by atoms with Crippen LogP contribution in [0.5, 0.6) is 0 Å². The van der Waals surface area contributed by atoms with Gasteiger partial charge in [0.25, 0.3) is 0 Å². The number of nitrogens with one attached hydrogen (secondary N) is 2. The van der Waals surface area contributed by atoms with Crippen molar-refractivity contribution in [1.29, 1.82) is 0 Å². The van der Waals surface area contributed by atoms with E-state index in [9.17, 15) is 0 Å². The summed E-state index contributed by atoms with van der Waals surface area (Å²) < 4.78 is 5.70. The lowest BCUT2D eigenvalue weighted by Crippen LogP contribution is -2.19. The minimum Gasteiger partial charge on any atom is -0.376 e. The molecule has 0 aliphatic carbocycles. The van der Waals surface area contributed by atoms with Crippen molar-refractivity contribution in [3.05, 3.63) is 36.4 Å². The van der Waals surface area contributed by atoms with Crippen LogP contribution in [0.25, 0.3) is 11.4 Å². The fraction of sp³-hybridized carbons (Fsp3) is 0.500. The van der Waals surface area contributed by atoms with E-state index >= 15 is 0 Å². The first-order valence-electron chi connectivity index (χ1n) is 9.39. The van der Waals surface area contributed by atoms with Crippen LogP contribution in [-0.4, -0.2) is 61.3 Å². The third kappa shape index (κ3) is 5.68. The molecule has 2 heterocycles. The molecule has 1 fully saturated rings. The molecule has 140 valence electrons. The SMILES string of the molecule is CN(C)CCCNc1cc(NCC2CCCO2)nc(-c2ccccc2)n1. The summed E-state index contributed by atoms with van der Waals surface area (Å²) in [5, 5.41) is 6.85. The standard InChI is InChI=1S/C20H29N5O/c1-25(2)12-7-11-21-18-14-19(22-15-17-10-6-13-26-17)24-20(23-18)16-8-4-3-5-9-16/h3-5,8-9,14,17H,6-7,10-13,15H2,1-2H3,(H2,21,22,23,24). The average molecular weight is 355 g/mol. The van der Waals surface area contributed by atoms with E-state index in [1.807, 2.05) is 36.4 Å². The van der Waals surface area contributed by atoms with Crippen LogP contribution in [0.3, 0.4) is 0 Å². The minimum absolute atomic E-state index is 0.279. The number of nitrogens with zero attached hydrogens (tertiary/aromatic N) is 3. The molecule has 1 unspecified atom stereocenters. The Morgan fingerprint density at radius 2 is 1.88 bits per heavy atom. The molecular formula is C20H29N5O. The van der Waals surface area contributed by atoms with Crippen molar-refractivity contribution >= 4 is 11.6 Å². The van der Waals surface area contributed by atoms with Crippen molar-refractivity contribution in [3.8, 4) is 11.4 Å². The molecule has 1 aliphatic heterocycles. The van der Waals surface area contributed by atoms with E-state index in [4.69, 9.17) is 14.7 Å². The first-order chi connectivity index (χ1) is 12.7. The van der Waals surface area contributed by atoms with E-state index in [0.29, 0.717) is 0 Å². The molecule has 1 atom stereocenters. The Morgan fingerprint density at radius 1 is 1.12 bits per heavy atom. The van der Waals surface area contributed by atoms with E-state index in [1.54, 1.807) is 0 Å². The molecule has 2 N–H and O–H groups in total. The highest BCUT2D eigenvalue weighted by molar-refractivity contribution is 5.61. The molecule has 0 amide bonds. The van der Waals surface area contributed by atoms with Gasteiger partial charge >= 0.3 is 0 Å². The van der Waals surface area contributed by atoms with Gasteiger partial charge in [-0.3, -0.25) is 0 Å². The molecule has 1 aliphatic rings. The fourth-order valence-corrected chi connectivity index (χ4v) is 2.98. The normalized spacial score (nSPS) is 16.8. The van der Waals surface area contributed by atoms with Gasteiger partial charge in [-0.1, -0.05) is 30.3 Å². The van der Waals surface area contributed by atoms with Gasteiger partial charge in [0.2, 0.25) is 0 Å². The van der Waals surface area contributed by atoms with Crippen LogP contribution in [0.1, 0.15) is 19.3 Å². The number of rotatable bonds is 9. The van der Waals surface area contributed by atoms with Gasteiger partial charge in [-0.15, -0.1) is 0 Å². The lowest BCUT2D eigenvalue weighted by molar-refractivity contribution is 0.120. The lowest BCUT2D eigenvalue weighted by Gasteiger charge is -2.14. The number of hydrogen-bond donors (Lipinski definition) is 2. The molecule has 6 heteroatoms. The highest BCUT2D eigenvalue weighted by Gasteiger charge is 2.15. The van der Waals surface area contributed by atoms with Crippen LogP contribution in [0.4, 0.5) is 11.6 Å². The number of aromatic nitrogens is 2. The summed E-state index contributed by atoms with van der Waals surface area (Å²) in [6.45, 7) is 3.58. The molecular weight excluding hydrogens is 326 g/mol. The molecule has 0 bridgehead atoms. The molecule has 0 spiro atoms. The predicted molar refractivity (Wildman–Crippen MR) is 107 cm³/mol. The molecule has 1 aromatic heterocycles. The summed E-state index contributed by atoms with van der Waals surface area (Å²) in [6.07, 6.45) is 3.60. The third-order valence-electron chi connectivity index (χ3n) is 4.38. The smallest absolute Gasteiger partial charge is 0.163 e. The Bertz CT molecular complexity index is 671. The summed E-state index contributed by atoms with van der Waals surface area (Å²) >= 11 is 0. The van der Waals surface area contributed by atoms with Crippen molar-refractivity contribution in [2.45, 2.75) is 25.4 Å². The summed E-state index contributed by atoms with van der Waals surface area (Å²) in [5.74, 6) is 2.43. The molecule has 1 saturated heterocycles. The molecule has 1 aromatic carbocycles. The molecule has 2 aromatic rings. The molecule has 0 saturated carbocycles. The summed E-state index contributed by atoms with van der Waals surface area (Å²) in [6, 6.07) is 12.1. The largest absolute Gasteiger partial charge is 0.376 e. The third-order valence-corrected chi connectivity index (χ3v) is 4.38. The van der Waals surface area contributed by atoms with Crippen molar-refractivity contribution in [3.63, 3.8) is 0 Å². The molecule has 0 radical (unpaired) electrons. The van der Waals surface area contributed by atoms with Crippen LogP contribution >= 0.6 is 0 Å². The highest BCUT2D eigenvalue weighted by Crippen LogP contribution is 2.21. The molecule has 6 nitrogen and oxygen atoms in total. The first kappa shape index (κ1) is 18.6. The van der Waals surface area contributed by atoms with Crippen molar-refractivity contribution in [2.75, 3.05) is 51.0 Å². The van der Waals surface area contributed by atoms with Crippen LogP contribution < -0.4 is 10.6 Å². The van der Waals surface area contributed by atoms with Gasteiger partial charge in [-0.2, -0.15) is 0 Å². The summed E-state index contributed by atoms with van der Waals surface area (Å²) in [4.78, 5) is 11.6. The molecule has 26 heavy (non-hydrogen) atoms. The zero-order valence-corrected chi connectivity index (χ0v) is 15.7. The van der Waals surface area contributed by atoms with Gasteiger partial charge in [0.1, 0.15) is 11.6 Å². The van der Waals surface area contributed by atoms with Gasteiger partial charge < -0.3 is 20.3 Å². The minimum atomic E-state index is 0.279. The Hall–Kier alpha value is -2.18. The Labute approximate surface area is 156 Å². The maximum atomic E-state index is 5.70. The van der Waals surface area contributed by atoms with Gasteiger partial charge in [0.05, 0.1) is 6.10 Å². The summed E-state index contributed by atoms with van der Waals surface area (Å²) in [5.41, 5.74) is 1.02. The predicted octanol–water partition coefficient (Wildman–Crippen LogP) is 3.10. The van der Waals surface area contributed by atoms with Gasteiger partial charge in [-0.25, -0.2) is 9.97 Å². The summed E-state index contributed by atoms with van der Waals surface area (Å²) in [7, 11) is 4.18. The van der Waals surface area contributed by atoms with E-state index in [0.717, 1.165) is 68.5 Å². The number of anilines is 2. The second-order valence-electron chi connectivity index (χ2n) is 6.93. The zero-order chi connectivity index (χ0) is 18.2. The van der Waals surface area contributed by atoms with Crippen LogP contribution in [0.15, 0.2) is 36.4 Å². The van der Waals surface area contributed by atoms with Crippen LogP contribution in [0.2, 0.25) is 0 Å². The van der Waals surface area contributed by atoms with Crippen molar-refractivity contribution in [1.82, 2.24) is 14.9 Å². The first-order valence-corrected chi connectivity index (χ1v) is 9.39. The van der Waals surface area contributed by atoms with Crippen molar-refractivity contribution in [2.24, 2.45) is 0 Å². The average Bonchev–Trinajstić information content (AvgIpc) is 3.18. The van der Waals surface area contributed by atoms with E-state index in [1.165, 1.54) is 0 Å². The van der Waals surface area contributed by atoms with E-state index in [2.05, 4.69) is 29.6 Å². The maximum absolute atomic E-state index is 5.70. The second kappa shape index (κ2) is 9.50. The van der Waals surface area contributed by atoms with Crippen LogP contribution in [0, 0.1) is 0 Å². The number of ether oxygens (including phenoxy) is 1. The molecule has 3 rings (SSSR count).